The molecule has 1 saturated carbocycles. The number of benzene rings is 1. The van der Waals surface area contributed by atoms with Crippen LogP contribution in [-0.2, 0) is 10.0 Å². The monoisotopic (exact) mass is 315 g/mol. The summed E-state index contributed by atoms with van der Waals surface area (Å²) in [4.78, 5) is 0.132. The maximum Gasteiger partial charge on any atom is 0.243 e. The van der Waals surface area contributed by atoms with Crippen molar-refractivity contribution in [1.29, 1.82) is 0 Å². The maximum atomic E-state index is 13.3. The summed E-state index contributed by atoms with van der Waals surface area (Å²) in [6, 6.07) is 2.44. The molecule has 2 rings (SSSR count). The first-order chi connectivity index (χ1) is 9.66. The van der Waals surface area contributed by atoms with Crippen molar-refractivity contribution in [3.8, 4) is 0 Å². The Labute approximate surface area is 125 Å². The minimum absolute atomic E-state index is 0.0750. The fourth-order valence-corrected chi connectivity index (χ4v) is 4.80. The van der Waals surface area contributed by atoms with Gasteiger partial charge in [-0.1, -0.05) is 12.8 Å². The zero-order valence-corrected chi connectivity index (χ0v) is 13.5. The van der Waals surface area contributed by atoms with Gasteiger partial charge in [-0.2, -0.15) is 4.31 Å². The van der Waals surface area contributed by atoms with Crippen LogP contribution in [0.15, 0.2) is 17.0 Å². The summed E-state index contributed by atoms with van der Waals surface area (Å²) in [5.74, 6) is -0.443. The van der Waals surface area contributed by atoms with Crippen molar-refractivity contribution in [1.82, 2.24) is 4.31 Å². The summed E-state index contributed by atoms with van der Waals surface area (Å²) >= 11 is 0. The van der Waals surface area contributed by atoms with E-state index in [1.54, 1.807) is 13.8 Å². The number of nitrogens with zero attached hydrogens (tertiary/aromatic N) is 1. The molecule has 0 spiro atoms. The maximum absolute atomic E-state index is 13.3. The van der Waals surface area contributed by atoms with E-state index < -0.39 is 21.4 Å². The first kappa shape index (κ1) is 16.4. The Morgan fingerprint density at radius 1 is 1.24 bits per heavy atom. The van der Waals surface area contributed by atoms with Gasteiger partial charge < -0.3 is 5.11 Å². The molecule has 0 bridgehead atoms. The summed E-state index contributed by atoms with van der Waals surface area (Å²) < 4.78 is 39.9. The van der Waals surface area contributed by atoms with Crippen molar-refractivity contribution in [3.05, 3.63) is 29.1 Å². The predicted molar refractivity (Wildman–Crippen MR) is 79.1 cm³/mol. The van der Waals surface area contributed by atoms with Crippen LogP contribution in [-0.4, -0.2) is 37.0 Å². The molecule has 0 heterocycles. The summed E-state index contributed by atoms with van der Waals surface area (Å²) in [5.41, 5.74) is -0.167. The molecule has 1 aliphatic rings. The lowest BCUT2D eigenvalue weighted by Gasteiger charge is -2.29. The van der Waals surface area contributed by atoms with E-state index in [-0.39, 0.29) is 11.4 Å². The normalized spacial score (nSPS) is 18.4. The van der Waals surface area contributed by atoms with Gasteiger partial charge in [-0.05, 0) is 49.9 Å². The summed E-state index contributed by atoms with van der Waals surface area (Å²) in [6.45, 7) is 3.24. The molecule has 21 heavy (non-hydrogen) atoms. The highest BCUT2D eigenvalue weighted by Crippen LogP contribution is 2.32. The lowest BCUT2D eigenvalue weighted by Crippen LogP contribution is -2.42. The van der Waals surface area contributed by atoms with Gasteiger partial charge in [0.1, 0.15) is 5.82 Å². The van der Waals surface area contributed by atoms with E-state index in [0.29, 0.717) is 24.0 Å². The fourth-order valence-electron chi connectivity index (χ4n) is 3.15. The number of halogens is 1. The Balaban J connectivity index is 2.34. The van der Waals surface area contributed by atoms with Gasteiger partial charge in [-0.15, -0.1) is 0 Å². The van der Waals surface area contributed by atoms with Crippen LogP contribution in [0.2, 0.25) is 0 Å². The molecule has 1 aliphatic carbocycles. The standard InChI is InChI=1S/C15H22FNO3S/c1-11-8-13(16)9-12(2)14(11)21(19,20)17(3)10-15(18)6-4-5-7-15/h8-9,18H,4-7,10H2,1-3H3. The first-order valence-corrected chi connectivity index (χ1v) is 8.55. The molecule has 0 aromatic heterocycles. The molecular weight excluding hydrogens is 293 g/mol. The van der Waals surface area contributed by atoms with Gasteiger partial charge in [0.05, 0.1) is 10.5 Å². The molecule has 0 radical (unpaired) electrons. The Bertz CT molecular complexity index is 613. The Morgan fingerprint density at radius 3 is 2.19 bits per heavy atom. The Kier molecular flexibility index (Phi) is 4.42. The number of hydrogen-bond acceptors (Lipinski definition) is 3. The van der Waals surface area contributed by atoms with Crippen LogP contribution in [0.3, 0.4) is 0 Å². The zero-order chi connectivity index (χ0) is 15.8. The van der Waals surface area contributed by atoms with Crippen LogP contribution >= 0.6 is 0 Å². The van der Waals surface area contributed by atoms with E-state index in [1.165, 1.54) is 23.5 Å². The zero-order valence-electron chi connectivity index (χ0n) is 12.7. The van der Waals surface area contributed by atoms with E-state index in [2.05, 4.69) is 0 Å². The van der Waals surface area contributed by atoms with E-state index in [4.69, 9.17) is 0 Å². The molecule has 0 aliphatic heterocycles. The van der Waals surface area contributed by atoms with Gasteiger partial charge >= 0.3 is 0 Å². The number of aliphatic hydroxyl groups is 1. The van der Waals surface area contributed by atoms with Crippen LogP contribution in [0.25, 0.3) is 0 Å². The van der Waals surface area contributed by atoms with Crippen LogP contribution in [0, 0.1) is 19.7 Å². The van der Waals surface area contributed by atoms with Gasteiger partial charge in [-0.25, -0.2) is 12.8 Å². The Morgan fingerprint density at radius 2 is 1.71 bits per heavy atom. The SMILES string of the molecule is Cc1cc(F)cc(C)c1S(=O)(=O)N(C)CC1(O)CCCC1. The molecule has 4 nitrogen and oxygen atoms in total. The second kappa shape index (κ2) is 5.66. The topological polar surface area (TPSA) is 57.6 Å². The van der Waals surface area contributed by atoms with Gasteiger partial charge in [0.2, 0.25) is 10.0 Å². The molecule has 118 valence electrons. The third-order valence-corrected chi connectivity index (χ3v) is 6.25. The molecular formula is C15H22FNO3S. The van der Waals surface area contributed by atoms with Crippen molar-refractivity contribution in [2.24, 2.45) is 0 Å². The minimum atomic E-state index is -3.74. The lowest BCUT2D eigenvalue weighted by molar-refractivity contribution is 0.0333. The highest BCUT2D eigenvalue weighted by molar-refractivity contribution is 7.89. The van der Waals surface area contributed by atoms with E-state index in [9.17, 15) is 17.9 Å². The molecule has 0 saturated heterocycles. The van der Waals surface area contributed by atoms with Crippen molar-refractivity contribution in [2.45, 2.75) is 50.0 Å². The average molecular weight is 315 g/mol. The van der Waals surface area contributed by atoms with Crippen LogP contribution < -0.4 is 0 Å². The molecule has 1 fully saturated rings. The second-order valence-electron chi connectivity index (χ2n) is 6.06. The molecule has 1 N–H and O–H groups in total. The summed E-state index contributed by atoms with van der Waals surface area (Å²) in [5, 5.41) is 10.4. The minimum Gasteiger partial charge on any atom is -0.389 e. The van der Waals surface area contributed by atoms with Gasteiger partial charge in [0, 0.05) is 13.6 Å². The van der Waals surface area contributed by atoms with Gasteiger partial charge in [0.15, 0.2) is 0 Å². The van der Waals surface area contributed by atoms with Crippen molar-refractivity contribution >= 4 is 10.0 Å². The van der Waals surface area contributed by atoms with E-state index in [1.807, 2.05) is 0 Å². The van der Waals surface area contributed by atoms with Gasteiger partial charge in [0.25, 0.3) is 0 Å². The first-order valence-electron chi connectivity index (χ1n) is 7.11. The second-order valence-corrected chi connectivity index (χ2v) is 8.04. The highest BCUT2D eigenvalue weighted by Gasteiger charge is 2.36. The average Bonchev–Trinajstić information content (AvgIpc) is 2.73. The predicted octanol–water partition coefficient (Wildman–Crippen LogP) is 2.37. The highest BCUT2D eigenvalue weighted by atomic mass is 32.2. The van der Waals surface area contributed by atoms with Crippen molar-refractivity contribution in [2.75, 3.05) is 13.6 Å². The Hall–Kier alpha value is -0.980. The molecule has 0 unspecified atom stereocenters. The summed E-state index contributed by atoms with van der Waals surface area (Å²) in [7, 11) is -2.27. The number of likely N-dealkylation sites (N-methyl/N-ethyl adjacent to an activating group) is 1. The van der Waals surface area contributed by atoms with Gasteiger partial charge in [-0.3, -0.25) is 0 Å². The number of sulfonamides is 1. The summed E-state index contributed by atoms with van der Waals surface area (Å²) in [6.07, 6.45) is 3.07. The molecule has 0 amide bonds. The van der Waals surface area contributed by atoms with E-state index >= 15 is 0 Å². The van der Waals surface area contributed by atoms with Crippen LogP contribution in [0.4, 0.5) is 4.39 Å². The largest absolute Gasteiger partial charge is 0.389 e. The number of aryl methyl sites for hydroxylation is 2. The number of hydrogen-bond donors (Lipinski definition) is 1. The van der Waals surface area contributed by atoms with E-state index in [0.717, 1.165) is 12.8 Å². The quantitative estimate of drug-likeness (QED) is 0.928. The van der Waals surface area contributed by atoms with Crippen LogP contribution in [0.5, 0.6) is 0 Å². The fraction of sp³-hybridized carbons (Fsp3) is 0.600. The third kappa shape index (κ3) is 3.27. The molecule has 1 aromatic carbocycles. The van der Waals surface area contributed by atoms with Crippen molar-refractivity contribution < 1.29 is 17.9 Å². The molecule has 1 aromatic rings. The third-order valence-electron chi connectivity index (χ3n) is 4.14. The van der Waals surface area contributed by atoms with Crippen LogP contribution in [0.1, 0.15) is 36.8 Å². The lowest BCUT2D eigenvalue weighted by atomic mass is 10.0. The number of rotatable bonds is 4. The smallest absolute Gasteiger partial charge is 0.243 e. The molecule has 6 heteroatoms. The molecule has 0 atom stereocenters. The van der Waals surface area contributed by atoms with Crippen molar-refractivity contribution in [3.63, 3.8) is 0 Å².